The molecule has 3 rings (SSSR count). The molecule has 1 aromatic heterocycles. The van der Waals surface area contributed by atoms with Gasteiger partial charge in [-0.1, -0.05) is 12.1 Å². The maximum atomic E-state index is 12.7. The van der Waals surface area contributed by atoms with Gasteiger partial charge in [0.25, 0.3) is 0 Å². The fraction of sp³-hybridized carbons (Fsp3) is 0.524. The molecule has 1 aliphatic heterocycles. The molecule has 7 nitrogen and oxygen atoms in total. The Labute approximate surface area is 199 Å². The van der Waals surface area contributed by atoms with Crippen LogP contribution >= 0.6 is 24.0 Å². The van der Waals surface area contributed by atoms with E-state index in [1.54, 1.807) is 12.1 Å². The predicted octanol–water partition coefficient (Wildman–Crippen LogP) is 3.70. The van der Waals surface area contributed by atoms with E-state index in [4.69, 9.17) is 0 Å². The second-order valence-corrected chi connectivity index (χ2v) is 7.31. The van der Waals surface area contributed by atoms with Gasteiger partial charge in [0, 0.05) is 37.9 Å². The van der Waals surface area contributed by atoms with E-state index in [1.165, 1.54) is 5.56 Å². The second-order valence-electron chi connectivity index (χ2n) is 7.31. The van der Waals surface area contributed by atoms with Crippen LogP contribution in [0.15, 0.2) is 35.5 Å². The SMILES string of the molecule is CCNC(=NCCCc1cn[nH]c1C)NC1CCN(c2ccccc2OC(F)F)C1.I. The van der Waals surface area contributed by atoms with Crippen LogP contribution in [0.25, 0.3) is 0 Å². The van der Waals surface area contributed by atoms with E-state index in [1.807, 2.05) is 32.2 Å². The number of aryl methyl sites for hydroxylation is 2. The van der Waals surface area contributed by atoms with E-state index in [-0.39, 0.29) is 35.8 Å². The van der Waals surface area contributed by atoms with E-state index in [0.29, 0.717) is 18.8 Å². The zero-order valence-electron chi connectivity index (χ0n) is 17.9. The van der Waals surface area contributed by atoms with Gasteiger partial charge in [-0.2, -0.15) is 13.9 Å². The molecular weight excluding hydrogens is 517 g/mol. The molecule has 10 heteroatoms. The van der Waals surface area contributed by atoms with Crippen LogP contribution in [-0.4, -0.2) is 55.0 Å². The van der Waals surface area contributed by atoms with Crippen LogP contribution in [0.4, 0.5) is 14.5 Å². The highest BCUT2D eigenvalue weighted by atomic mass is 127. The third kappa shape index (κ3) is 7.51. The number of aromatic amines is 1. The lowest BCUT2D eigenvalue weighted by Crippen LogP contribution is -2.44. The van der Waals surface area contributed by atoms with Crippen molar-refractivity contribution in [1.29, 1.82) is 0 Å². The zero-order chi connectivity index (χ0) is 21.3. The molecule has 0 spiro atoms. The lowest BCUT2D eigenvalue weighted by molar-refractivity contribution is -0.0495. The van der Waals surface area contributed by atoms with Crippen molar-refractivity contribution in [2.75, 3.05) is 31.1 Å². The monoisotopic (exact) mass is 548 g/mol. The molecule has 0 saturated carbocycles. The van der Waals surface area contributed by atoms with Crippen molar-refractivity contribution in [1.82, 2.24) is 20.8 Å². The summed E-state index contributed by atoms with van der Waals surface area (Å²) in [5.74, 6) is 0.994. The average molecular weight is 548 g/mol. The quantitative estimate of drug-likeness (QED) is 0.193. The first-order chi connectivity index (χ1) is 14.6. The van der Waals surface area contributed by atoms with Gasteiger partial charge >= 0.3 is 6.61 Å². The van der Waals surface area contributed by atoms with Gasteiger partial charge in [-0.05, 0) is 50.8 Å². The predicted molar refractivity (Wildman–Crippen MR) is 130 cm³/mol. The van der Waals surface area contributed by atoms with Crippen LogP contribution in [0, 0.1) is 6.92 Å². The van der Waals surface area contributed by atoms with Crippen molar-refractivity contribution >= 4 is 35.6 Å². The molecule has 0 bridgehead atoms. The number of rotatable bonds is 9. The molecule has 172 valence electrons. The minimum absolute atomic E-state index is 0. The maximum absolute atomic E-state index is 12.7. The summed E-state index contributed by atoms with van der Waals surface area (Å²) in [5, 5.41) is 13.8. The number of benzene rings is 1. The topological polar surface area (TPSA) is 77.6 Å². The van der Waals surface area contributed by atoms with Crippen molar-refractivity contribution in [2.24, 2.45) is 4.99 Å². The fourth-order valence-electron chi connectivity index (χ4n) is 3.61. The number of alkyl halides is 2. The van der Waals surface area contributed by atoms with E-state index in [2.05, 4.69) is 35.5 Å². The van der Waals surface area contributed by atoms with Crippen LogP contribution in [0.1, 0.15) is 31.0 Å². The minimum Gasteiger partial charge on any atom is -0.433 e. The lowest BCUT2D eigenvalue weighted by Gasteiger charge is -2.22. The largest absolute Gasteiger partial charge is 0.433 e. The Morgan fingerprint density at radius 1 is 1.39 bits per heavy atom. The van der Waals surface area contributed by atoms with E-state index >= 15 is 0 Å². The van der Waals surface area contributed by atoms with Crippen LogP contribution in [-0.2, 0) is 6.42 Å². The molecule has 0 radical (unpaired) electrons. The number of aromatic nitrogens is 2. The average Bonchev–Trinajstić information content (AvgIpc) is 3.34. The summed E-state index contributed by atoms with van der Waals surface area (Å²) in [4.78, 5) is 6.75. The molecular formula is C21H31F2IN6O. The summed E-state index contributed by atoms with van der Waals surface area (Å²) in [6, 6.07) is 7.11. The highest BCUT2D eigenvalue weighted by Gasteiger charge is 2.26. The number of nitrogens with zero attached hydrogens (tertiary/aromatic N) is 3. The molecule has 1 atom stereocenters. The van der Waals surface area contributed by atoms with Crippen molar-refractivity contribution in [2.45, 2.75) is 45.8 Å². The Hall–Kier alpha value is -2.11. The number of aliphatic imine (C=N–C) groups is 1. The molecule has 1 unspecified atom stereocenters. The number of hydrogen-bond donors (Lipinski definition) is 3. The summed E-state index contributed by atoms with van der Waals surface area (Å²) in [5.41, 5.74) is 3.02. The first-order valence-corrected chi connectivity index (χ1v) is 10.4. The lowest BCUT2D eigenvalue weighted by atomic mass is 10.1. The van der Waals surface area contributed by atoms with E-state index in [9.17, 15) is 8.78 Å². The number of halogens is 3. The first kappa shape index (κ1) is 25.2. The summed E-state index contributed by atoms with van der Waals surface area (Å²) in [6.07, 6.45) is 4.63. The summed E-state index contributed by atoms with van der Waals surface area (Å²) >= 11 is 0. The molecule has 1 saturated heterocycles. The first-order valence-electron chi connectivity index (χ1n) is 10.4. The smallest absolute Gasteiger partial charge is 0.387 e. The molecule has 3 N–H and O–H groups in total. The zero-order valence-corrected chi connectivity index (χ0v) is 20.2. The Bertz CT molecular complexity index is 832. The van der Waals surface area contributed by atoms with Gasteiger partial charge in [-0.3, -0.25) is 10.1 Å². The molecule has 2 heterocycles. The maximum Gasteiger partial charge on any atom is 0.387 e. The normalized spacial score (nSPS) is 16.4. The van der Waals surface area contributed by atoms with E-state index in [0.717, 1.165) is 44.0 Å². The molecule has 31 heavy (non-hydrogen) atoms. The highest BCUT2D eigenvalue weighted by molar-refractivity contribution is 14.0. The summed E-state index contributed by atoms with van der Waals surface area (Å²) in [6.45, 7) is 4.16. The number of para-hydroxylation sites is 2. The standard InChI is InChI=1S/C21H30F2N6O.HI/c1-3-24-21(25-11-6-7-16-13-26-28-15(16)2)27-17-10-12-29(14-17)18-8-4-5-9-19(18)30-20(22)23;/h4-5,8-9,13,17,20H,3,6-7,10-12,14H2,1-2H3,(H,26,28)(H2,24,25,27);1H. The van der Waals surface area contributed by atoms with Gasteiger partial charge in [0.2, 0.25) is 0 Å². The number of hydrogen-bond acceptors (Lipinski definition) is 4. The number of ether oxygens (including phenoxy) is 1. The fourth-order valence-corrected chi connectivity index (χ4v) is 3.61. The van der Waals surface area contributed by atoms with Crippen LogP contribution < -0.4 is 20.3 Å². The number of nitrogens with one attached hydrogen (secondary N) is 3. The molecule has 2 aromatic rings. The Kier molecular flexibility index (Phi) is 10.3. The van der Waals surface area contributed by atoms with E-state index < -0.39 is 6.61 Å². The summed E-state index contributed by atoms with van der Waals surface area (Å²) < 4.78 is 30.1. The van der Waals surface area contributed by atoms with Crippen molar-refractivity contribution in [3.05, 3.63) is 41.7 Å². The van der Waals surface area contributed by atoms with Crippen molar-refractivity contribution in [3.63, 3.8) is 0 Å². The molecule has 1 aromatic carbocycles. The van der Waals surface area contributed by atoms with Crippen LogP contribution in [0.5, 0.6) is 5.75 Å². The highest BCUT2D eigenvalue weighted by Crippen LogP contribution is 2.31. The third-order valence-corrected chi connectivity index (χ3v) is 5.10. The van der Waals surface area contributed by atoms with Gasteiger partial charge in [0.15, 0.2) is 5.96 Å². The Balaban J connectivity index is 0.00000341. The van der Waals surface area contributed by atoms with Gasteiger partial charge in [-0.15, -0.1) is 24.0 Å². The minimum atomic E-state index is -2.83. The molecule has 0 amide bonds. The second kappa shape index (κ2) is 12.7. The van der Waals surface area contributed by atoms with Gasteiger partial charge in [0.05, 0.1) is 11.9 Å². The number of H-pyrrole nitrogens is 1. The van der Waals surface area contributed by atoms with Gasteiger partial charge in [0.1, 0.15) is 5.75 Å². The Morgan fingerprint density at radius 3 is 2.90 bits per heavy atom. The molecule has 1 fully saturated rings. The van der Waals surface area contributed by atoms with Crippen molar-refractivity contribution < 1.29 is 13.5 Å². The van der Waals surface area contributed by atoms with Gasteiger partial charge < -0.3 is 20.3 Å². The van der Waals surface area contributed by atoms with Crippen molar-refractivity contribution in [3.8, 4) is 5.75 Å². The number of guanidine groups is 1. The van der Waals surface area contributed by atoms with Crippen LogP contribution in [0.2, 0.25) is 0 Å². The number of anilines is 1. The van der Waals surface area contributed by atoms with Crippen LogP contribution in [0.3, 0.4) is 0 Å². The summed E-state index contributed by atoms with van der Waals surface area (Å²) in [7, 11) is 0. The molecule has 1 aliphatic rings. The third-order valence-electron chi connectivity index (χ3n) is 5.10. The van der Waals surface area contributed by atoms with Gasteiger partial charge in [-0.25, -0.2) is 0 Å². The molecule has 0 aliphatic carbocycles. The Morgan fingerprint density at radius 2 is 2.19 bits per heavy atom.